The molecule has 0 aliphatic heterocycles. The van der Waals surface area contributed by atoms with E-state index in [1.807, 2.05) is 12.1 Å². The van der Waals surface area contributed by atoms with Crippen molar-refractivity contribution in [1.82, 2.24) is 14.6 Å². The van der Waals surface area contributed by atoms with Crippen molar-refractivity contribution in [1.29, 1.82) is 0 Å². The van der Waals surface area contributed by atoms with Gasteiger partial charge in [0.05, 0.1) is 17.7 Å². The van der Waals surface area contributed by atoms with Gasteiger partial charge in [-0.2, -0.15) is 0 Å². The molecule has 0 radical (unpaired) electrons. The van der Waals surface area contributed by atoms with Crippen LogP contribution in [0.4, 0.5) is 0 Å². The SMILES string of the molecule is COC(=O)c1ccc2nnc(-c3cc(Br)ccc3Cl)n2c1. The van der Waals surface area contributed by atoms with Crippen molar-refractivity contribution in [2.45, 2.75) is 0 Å². The molecule has 0 aliphatic rings. The molecule has 2 aromatic heterocycles. The van der Waals surface area contributed by atoms with Gasteiger partial charge in [0.1, 0.15) is 0 Å². The van der Waals surface area contributed by atoms with E-state index in [1.165, 1.54) is 7.11 Å². The van der Waals surface area contributed by atoms with Gasteiger partial charge >= 0.3 is 5.97 Å². The van der Waals surface area contributed by atoms with Crippen molar-refractivity contribution < 1.29 is 9.53 Å². The summed E-state index contributed by atoms with van der Waals surface area (Å²) < 4.78 is 7.31. The van der Waals surface area contributed by atoms with Crippen molar-refractivity contribution in [3.05, 3.63) is 51.6 Å². The van der Waals surface area contributed by atoms with E-state index in [2.05, 4.69) is 26.1 Å². The van der Waals surface area contributed by atoms with Crippen molar-refractivity contribution in [2.24, 2.45) is 0 Å². The Kier molecular flexibility index (Phi) is 3.65. The molecule has 0 aliphatic carbocycles. The summed E-state index contributed by atoms with van der Waals surface area (Å²) in [6.07, 6.45) is 1.63. The predicted octanol–water partition coefficient (Wildman–Crippen LogP) is 3.60. The molecule has 0 atom stereocenters. The molecule has 0 fully saturated rings. The van der Waals surface area contributed by atoms with Gasteiger partial charge in [0.25, 0.3) is 0 Å². The Morgan fingerprint density at radius 3 is 2.86 bits per heavy atom. The zero-order chi connectivity index (χ0) is 15.0. The van der Waals surface area contributed by atoms with Crippen LogP contribution < -0.4 is 0 Å². The number of nitrogens with zero attached hydrogens (tertiary/aromatic N) is 3. The Morgan fingerprint density at radius 2 is 2.10 bits per heavy atom. The summed E-state index contributed by atoms with van der Waals surface area (Å²) in [6, 6.07) is 8.81. The molecule has 7 heteroatoms. The molecule has 0 amide bonds. The molecular formula is C14H9BrClN3O2. The number of rotatable bonds is 2. The Labute approximate surface area is 133 Å². The van der Waals surface area contributed by atoms with E-state index in [0.29, 0.717) is 22.1 Å². The van der Waals surface area contributed by atoms with Gasteiger partial charge in [0, 0.05) is 16.2 Å². The standard InChI is InChI=1S/C14H9BrClN3O2/c1-21-14(20)8-2-5-12-17-18-13(19(12)7-8)10-6-9(15)3-4-11(10)16/h2-7H,1H3. The number of esters is 1. The number of carbonyl (C=O) groups excluding carboxylic acids is 1. The third-order valence-electron chi connectivity index (χ3n) is 2.99. The lowest BCUT2D eigenvalue weighted by Crippen LogP contribution is -2.03. The van der Waals surface area contributed by atoms with Crippen LogP contribution in [0.1, 0.15) is 10.4 Å². The molecule has 1 aromatic carbocycles. The fourth-order valence-electron chi connectivity index (χ4n) is 1.98. The highest BCUT2D eigenvalue weighted by Gasteiger charge is 2.14. The van der Waals surface area contributed by atoms with Gasteiger partial charge in [-0.3, -0.25) is 4.40 Å². The van der Waals surface area contributed by atoms with Gasteiger partial charge in [-0.1, -0.05) is 27.5 Å². The Balaban J connectivity index is 2.23. The quantitative estimate of drug-likeness (QED) is 0.650. The monoisotopic (exact) mass is 365 g/mol. The number of pyridine rings is 1. The highest BCUT2D eigenvalue weighted by atomic mass is 79.9. The largest absolute Gasteiger partial charge is 0.465 e. The summed E-state index contributed by atoms with van der Waals surface area (Å²) in [5, 5.41) is 8.78. The van der Waals surface area contributed by atoms with E-state index in [4.69, 9.17) is 16.3 Å². The number of aromatic nitrogens is 3. The minimum Gasteiger partial charge on any atom is -0.465 e. The lowest BCUT2D eigenvalue weighted by molar-refractivity contribution is 0.0600. The van der Waals surface area contributed by atoms with Crippen molar-refractivity contribution in [3.8, 4) is 11.4 Å². The highest BCUT2D eigenvalue weighted by Crippen LogP contribution is 2.29. The maximum absolute atomic E-state index is 11.6. The smallest absolute Gasteiger partial charge is 0.339 e. The molecule has 0 saturated heterocycles. The lowest BCUT2D eigenvalue weighted by atomic mass is 10.2. The van der Waals surface area contributed by atoms with Crippen LogP contribution in [0.15, 0.2) is 41.0 Å². The number of hydrogen-bond donors (Lipinski definition) is 0. The van der Waals surface area contributed by atoms with E-state index in [1.54, 1.807) is 28.8 Å². The van der Waals surface area contributed by atoms with Crippen molar-refractivity contribution in [2.75, 3.05) is 7.11 Å². The molecule has 3 aromatic rings. The molecule has 2 heterocycles. The second-order valence-electron chi connectivity index (χ2n) is 4.29. The number of halogens is 2. The first-order valence-electron chi connectivity index (χ1n) is 5.98. The number of hydrogen-bond acceptors (Lipinski definition) is 4. The Bertz CT molecular complexity index is 847. The molecule has 3 rings (SSSR count). The number of benzene rings is 1. The Hall–Kier alpha value is -1.92. The van der Waals surface area contributed by atoms with Gasteiger partial charge in [0.15, 0.2) is 11.5 Å². The van der Waals surface area contributed by atoms with Gasteiger partial charge in [-0.15, -0.1) is 10.2 Å². The highest BCUT2D eigenvalue weighted by molar-refractivity contribution is 9.10. The van der Waals surface area contributed by atoms with E-state index < -0.39 is 5.97 Å². The summed E-state index contributed by atoms with van der Waals surface area (Å²) >= 11 is 9.63. The minimum atomic E-state index is -0.420. The summed E-state index contributed by atoms with van der Waals surface area (Å²) in [7, 11) is 1.34. The summed E-state index contributed by atoms with van der Waals surface area (Å²) in [5.74, 6) is 0.138. The van der Waals surface area contributed by atoms with Crippen LogP contribution in [0.25, 0.3) is 17.0 Å². The number of methoxy groups -OCH3 is 1. The van der Waals surface area contributed by atoms with Gasteiger partial charge in [0.2, 0.25) is 0 Å². The molecule has 0 spiro atoms. The van der Waals surface area contributed by atoms with Gasteiger partial charge < -0.3 is 4.74 Å². The number of carbonyl (C=O) groups is 1. The molecule has 106 valence electrons. The van der Waals surface area contributed by atoms with E-state index in [0.717, 1.165) is 10.0 Å². The first kappa shape index (κ1) is 14.0. The topological polar surface area (TPSA) is 56.5 Å². The number of ether oxygens (including phenoxy) is 1. The van der Waals surface area contributed by atoms with Gasteiger partial charge in [-0.25, -0.2) is 4.79 Å². The average molecular weight is 367 g/mol. The van der Waals surface area contributed by atoms with Crippen LogP contribution in [-0.2, 0) is 4.74 Å². The molecule has 0 saturated carbocycles. The zero-order valence-electron chi connectivity index (χ0n) is 10.9. The fourth-order valence-corrected chi connectivity index (χ4v) is 2.55. The van der Waals surface area contributed by atoms with E-state index >= 15 is 0 Å². The summed E-state index contributed by atoms with van der Waals surface area (Å²) in [4.78, 5) is 11.6. The van der Waals surface area contributed by atoms with Gasteiger partial charge in [-0.05, 0) is 30.3 Å². The predicted molar refractivity (Wildman–Crippen MR) is 82.5 cm³/mol. The van der Waals surface area contributed by atoms with Crippen molar-refractivity contribution >= 4 is 39.1 Å². The normalized spacial score (nSPS) is 10.8. The van der Waals surface area contributed by atoms with Crippen LogP contribution in [0.3, 0.4) is 0 Å². The lowest BCUT2D eigenvalue weighted by Gasteiger charge is -2.05. The Morgan fingerprint density at radius 1 is 1.29 bits per heavy atom. The zero-order valence-corrected chi connectivity index (χ0v) is 13.2. The second kappa shape index (κ2) is 5.46. The second-order valence-corrected chi connectivity index (χ2v) is 5.61. The third kappa shape index (κ3) is 2.52. The summed E-state index contributed by atoms with van der Waals surface area (Å²) in [6.45, 7) is 0. The van der Waals surface area contributed by atoms with E-state index in [-0.39, 0.29) is 0 Å². The van der Waals surface area contributed by atoms with Crippen LogP contribution in [-0.4, -0.2) is 27.7 Å². The maximum Gasteiger partial charge on any atom is 0.339 e. The van der Waals surface area contributed by atoms with Crippen LogP contribution in [0, 0.1) is 0 Å². The molecule has 0 unspecified atom stereocenters. The van der Waals surface area contributed by atoms with E-state index in [9.17, 15) is 4.79 Å². The van der Waals surface area contributed by atoms with Crippen LogP contribution in [0.2, 0.25) is 5.02 Å². The minimum absolute atomic E-state index is 0.414. The average Bonchev–Trinajstić information content (AvgIpc) is 2.91. The summed E-state index contributed by atoms with van der Waals surface area (Å²) in [5.41, 5.74) is 1.76. The molecule has 0 bridgehead atoms. The molecule has 5 nitrogen and oxygen atoms in total. The van der Waals surface area contributed by atoms with Crippen molar-refractivity contribution in [3.63, 3.8) is 0 Å². The first-order chi connectivity index (χ1) is 10.1. The molecular weight excluding hydrogens is 358 g/mol. The van der Waals surface area contributed by atoms with Crippen LogP contribution >= 0.6 is 27.5 Å². The molecule has 0 N–H and O–H groups in total. The first-order valence-corrected chi connectivity index (χ1v) is 7.16. The molecule has 21 heavy (non-hydrogen) atoms. The maximum atomic E-state index is 11.6. The fraction of sp³-hybridized carbons (Fsp3) is 0.0714. The number of fused-ring (bicyclic) bond motifs is 1. The van der Waals surface area contributed by atoms with Crippen LogP contribution in [0.5, 0.6) is 0 Å². The third-order valence-corrected chi connectivity index (χ3v) is 3.82.